The lowest BCUT2D eigenvalue weighted by molar-refractivity contribution is -0.120. The molecule has 4 amide bonds. The molecule has 2 aliphatic heterocycles. The largest absolute Gasteiger partial charge is 0.396 e. The number of hydrogen-bond donors (Lipinski definition) is 4. The Bertz CT molecular complexity index is 2260. The van der Waals surface area contributed by atoms with Gasteiger partial charge in [-0.25, -0.2) is 28.7 Å². The number of hydrogen-bond acceptors (Lipinski definition) is 12. The van der Waals surface area contributed by atoms with Gasteiger partial charge < -0.3 is 20.8 Å². The van der Waals surface area contributed by atoms with Crippen molar-refractivity contribution in [3.8, 4) is 0 Å². The fraction of sp³-hybridized carbons (Fsp3) is 0.350. The SMILES string of the molecule is CN1C(=O)[C@@H](NC(=O)c2ncn(Cc3ccccc3)n2)CCn2nc(CCO)cc21.CN1C(=O)[C@H](NC(=O)c2ncn(Cc3ccccc3)n2)CCn2nc(CCO)cc21. The van der Waals surface area contributed by atoms with E-state index in [1.54, 1.807) is 45.0 Å². The van der Waals surface area contributed by atoms with Gasteiger partial charge >= 0.3 is 0 Å². The van der Waals surface area contributed by atoms with Crippen LogP contribution in [0.15, 0.2) is 85.5 Å². The van der Waals surface area contributed by atoms with Gasteiger partial charge in [-0.05, 0) is 24.0 Å². The van der Waals surface area contributed by atoms with Crippen LogP contribution in [0.25, 0.3) is 0 Å². The van der Waals surface area contributed by atoms with E-state index in [2.05, 4.69) is 41.0 Å². The Morgan fingerprint density at radius 3 is 1.42 bits per heavy atom. The number of amides is 4. The summed E-state index contributed by atoms with van der Waals surface area (Å²) in [6.45, 7) is 1.94. The number of aromatic nitrogens is 10. The minimum Gasteiger partial charge on any atom is -0.396 e. The predicted octanol–water partition coefficient (Wildman–Crippen LogP) is 0.446. The molecule has 20 nitrogen and oxygen atoms in total. The molecule has 0 fully saturated rings. The molecule has 60 heavy (non-hydrogen) atoms. The van der Waals surface area contributed by atoms with Gasteiger partial charge in [-0.15, -0.1) is 10.2 Å². The van der Waals surface area contributed by atoms with Gasteiger partial charge in [0.05, 0.1) is 24.5 Å². The fourth-order valence-corrected chi connectivity index (χ4v) is 6.91. The van der Waals surface area contributed by atoms with Crippen molar-refractivity contribution in [1.82, 2.24) is 59.7 Å². The number of anilines is 2. The highest BCUT2D eigenvalue weighted by molar-refractivity contribution is 6.01. The van der Waals surface area contributed by atoms with Gasteiger partial charge in [0, 0.05) is 65.4 Å². The van der Waals surface area contributed by atoms with Crippen molar-refractivity contribution in [2.45, 2.75) is 63.9 Å². The molecular formula is C40H46N14O6. The average Bonchev–Trinajstić information content (AvgIpc) is 4.07. The quantitative estimate of drug-likeness (QED) is 0.132. The highest BCUT2D eigenvalue weighted by Gasteiger charge is 2.33. The van der Waals surface area contributed by atoms with Crippen LogP contribution in [0.3, 0.4) is 0 Å². The molecule has 2 atom stereocenters. The first-order chi connectivity index (χ1) is 29.1. The van der Waals surface area contributed by atoms with Crippen molar-refractivity contribution < 1.29 is 29.4 Å². The van der Waals surface area contributed by atoms with E-state index in [9.17, 15) is 19.2 Å². The molecule has 0 spiro atoms. The van der Waals surface area contributed by atoms with E-state index >= 15 is 0 Å². The summed E-state index contributed by atoms with van der Waals surface area (Å²) >= 11 is 0. The molecule has 312 valence electrons. The van der Waals surface area contributed by atoms with Crippen LogP contribution in [0.1, 0.15) is 56.6 Å². The number of aryl methyl sites for hydroxylation is 2. The first kappa shape index (κ1) is 41.1. The van der Waals surface area contributed by atoms with Crippen LogP contribution in [0, 0.1) is 0 Å². The van der Waals surface area contributed by atoms with Crippen LogP contribution < -0.4 is 20.4 Å². The number of nitrogens with zero attached hydrogens (tertiary/aromatic N) is 12. The van der Waals surface area contributed by atoms with Gasteiger partial charge in [0.25, 0.3) is 23.6 Å². The lowest BCUT2D eigenvalue weighted by atomic mass is 10.2. The van der Waals surface area contributed by atoms with E-state index in [0.29, 0.717) is 63.5 Å². The number of benzene rings is 2. The van der Waals surface area contributed by atoms with Crippen molar-refractivity contribution in [2.75, 3.05) is 37.1 Å². The third kappa shape index (κ3) is 9.62. The molecule has 20 heteroatoms. The molecule has 2 aliphatic rings. The second-order valence-corrected chi connectivity index (χ2v) is 14.3. The summed E-state index contributed by atoms with van der Waals surface area (Å²) in [5.74, 6) is -0.121. The van der Waals surface area contributed by atoms with E-state index in [1.807, 2.05) is 60.7 Å². The van der Waals surface area contributed by atoms with Gasteiger partial charge in [0.2, 0.25) is 11.6 Å². The predicted molar refractivity (Wildman–Crippen MR) is 216 cm³/mol. The van der Waals surface area contributed by atoms with E-state index in [1.165, 1.54) is 22.5 Å². The van der Waals surface area contributed by atoms with Gasteiger partial charge in [-0.3, -0.25) is 29.0 Å². The number of nitrogens with one attached hydrogen (secondary N) is 2. The van der Waals surface area contributed by atoms with Crippen LogP contribution in [0.5, 0.6) is 0 Å². The molecule has 0 unspecified atom stereocenters. The van der Waals surface area contributed by atoms with E-state index in [-0.39, 0.29) is 36.7 Å². The van der Waals surface area contributed by atoms with Crippen molar-refractivity contribution in [3.63, 3.8) is 0 Å². The maximum absolute atomic E-state index is 12.9. The minimum absolute atomic E-state index is 0.00326. The molecular weight excluding hydrogens is 773 g/mol. The normalized spacial score (nSPS) is 16.3. The lowest BCUT2D eigenvalue weighted by Gasteiger charge is -2.19. The second kappa shape index (κ2) is 18.7. The molecule has 4 aromatic heterocycles. The number of fused-ring (bicyclic) bond motifs is 2. The smallest absolute Gasteiger partial charge is 0.291 e. The first-order valence-electron chi connectivity index (χ1n) is 19.5. The Balaban J connectivity index is 0.000000181. The zero-order chi connectivity index (χ0) is 42.2. The van der Waals surface area contributed by atoms with E-state index < -0.39 is 23.9 Å². The number of carbonyl (C=O) groups is 4. The van der Waals surface area contributed by atoms with Crippen LogP contribution >= 0.6 is 0 Å². The Morgan fingerprint density at radius 1 is 0.633 bits per heavy atom. The fourth-order valence-electron chi connectivity index (χ4n) is 6.91. The van der Waals surface area contributed by atoms with Crippen LogP contribution in [-0.2, 0) is 48.6 Å². The molecule has 8 rings (SSSR count). The molecule has 0 aliphatic carbocycles. The van der Waals surface area contributed by atoms with Crippen LogP contribution in [-0.4, -0.2) is 122 Å². The van der Waals surface area contributed by atoms with E-state index in [4.69, 9.17) is 10.2 Å². The number of rotatable bonds is 12. The van der Waals surface area contributed by atoms with Crippen molar-refractivity contribution in [2.24, 2.45) is 0 Å². The number of likely N-dealkylation sites (N-methyl/N-ethyl adjacent to an activating group) is 2. The number of aliphatic hydroxyl groups excluding tert-OH is 2. The summed E-state index contributed by atoms with van der Waals surface area (Å²) in [6.07, 6.45) is 4.65. The van der Waals surface area contributed by atoms with Gasteiger partial charge in [-0.1, -0.05) is 60.7 Å². The van der Waals surface area contributed by atoms with Crippen LogP contribution in [0.4, 0.5) is 11.6 Å². The van der Waals surface area contributed by atoms with E-state index in [0.717, 1.165) is 22.5 Å². The number of carbonyl (C=O) groups excluding carboxylic acids is 4. The highest BCUT2D eigenvalue weighted by Crippen LogP contribution is 2.23. The summed E-state index contributed by atoms with van der Waals surface area (Å²) < 4.78 is 6.62. The van der Waals surface area contributed by atoms with Gasteiger partial charge in [0.15, 0.2) is 0 Å². The maximum Gasteiger partial charge on any atom is 0.291 e. The second-order valence-electron chi connectivity index (χ2n) is 14.3. The summed E-state index contributed by atoms with van der Waals surface area (Å²) in [4.78, 5) is 62.1. The lowest BCUT2D eigenvalue weighted by Crippen LogP contribution is -2.47. The summed E-state index contributed by atoms with van der Waals surface area (Å²) in [5, 5.41) is 41.0. The Labute approximate surface area is 344 Å². The highest BCUT2D eigenvalue weighted by atomic mass is 16.3. The molecule has 0 saturated carbocycles. The minimum atomic E-state index is -0.702. The Morgan fingerprint density at radius 2 is 1.03 bits per heavy atom. The van der Waals surface area contributed by atoms with Crippen molar-refractivity contribution in [3.05, 3.63) is 120 Å². The standard InChI is InChI=1S/2C20H23N7O3/c2*1-25-17-11-15(8-10-28)23-27(17)9-7-16(20(25)30)22-19(29)18-21-13-26(24-18)12-14-5-3-2-4-6-14/h2*2-6,11,13,16,28H,7-10,12H2,1H3,(H,22,29)/t2*16-/m10/s1. The summed E-state index contributed by atoms with van der Waals surface area (Å²) in [5.41, 5.74) is 3.54. The van der Waals surface area contributed by atoms with Gasteiger partial charge in [0.1, 0.15) is 36.4 Å². The third-order valence-electron chi connectivity index (χ3n) is 10.0. The molecule has 6 heterocycles. The molecule has 0 bridgehead atoms. The van der Waals surface area contributed by atoms with Crippen LogP contribution in [0.2, 0.25) is 0 Å². The Hall–Kier alpha value is -7.06. The average molecular weight is 819 g/mol. The Kier molecular flexibility index (Phi) is 12.8. The summed E-state index contributed by atoms with van der Waals surface area (Å²) in [6, 6.07) is 21.7. The monoisotopic (exact) mass is 818 g/mol. The third-order valence-corrected chi connectivity index (χ3v) is 10.0. The molecule has 4 N–H and O–H groups in total. The summed E-state index contributed by atoms with van der Waals surface area (Å²) in [7, 11) is 3.30. The first-order valence-corrected chi connectivity index (χ1v) is 19.5. The maximum atomic E-state index is 12.9. The topological polar surface area (TPSA) is 236 Å². The molecule has 0 radical (unpaired) electrons. The molecule has 2 aromatic carbocycles. The molecule has 0 saturated heterocycles. The molecule has 6 aromatic rings. The number of aliphatic hydroxyl groups is 2. The van der Waals surface area contributed by atoms with Crippen molar-refractivity contribution in [1.29, 1.82) is 0 Å². The zero-order valence-corrected chi connectivity index (χ0v) is 33.2. The van der Waals surface area contributed by atoms with Gasteiger partial charge in [-0.2, -0.15) is 10.2 Å². The van der Waals surface area contributed by atoms with Crippen molar-refractivity contribution >= 4 is 35.3 Å². The zero-order valence-electron chi connectivity index (χ0n) is 33.2.